The molecular formula is C2H4AsN. The van der Waals surface area contributed by atoms with Crippen molar-refractivity contribution in [1.82, 2.24) is 0 Å². The second-order valence-corrected chi connectivity index (χ2v) is 1.22. The molecule has 0 spiro atoms. The summed E-state index contributed by atoms with van der Waals surface area (Å²) in [5.74, 6) is 0. The SMILES string of the molecule is N#CC[AsH2]. The summed E-state index contributed by atoms with van der Waals surface area (Å²) in [5.41, 5.74) is 0. The number of nitrogens with zero attached hydrogens (tertiary/aromatic N) is 1. The summed E-state index contributed by atoms with van der Waals surface area (Å²) in [6.07, 6.45) is 0. The van der Waals surface area contributed by atoms with Crippen LogP contribution in [0.15, 0.2) is 0 Å². The number of nitriles is 1. The summed E-state index contributed by atoms with van der Waals surface area (Å²) in [7, 11) is 0. The van der Waals surface area contributed by atoms with Crippen molar-refractivity contribution in [1.29, 1.82) is 5.26 Å². The Kier molecular flexibility index (Phi) is 3.09. The van der Waals surface area contributed by atoms with Crippen LogP contribution in [-0.2, 0) is 0 Å². The quantitative estimate of drug-likeness (QED) is 0.394. The van der Waals surface area contributed by atoms with Crippen molar-refractivity contribution in [2.45, 2.75) is 5.21 Å². The van der Waals surface area contributed by atoms with Gasteiger partial charge in [0.1, 0.15) is 0 Å². The molecule has 0 heterocycles. The van der Waals surface area contributed by atoms with Crippen molar-refractivity contribution in [2.24, 2.45) is 0 Å². The van der Waals surface area contributed by atoms with Crippen molar-refractivity contribution in [2.75, 3.05) is 0 Å². The van der Waals surface area contributed by atoms with Crippen LogP contribution in [0.5, 0.6) is 0 Å². The average molecular weight is 117 g/mol. The van der Waals surface area contributed by atoms with Crippen LogP contribution in [0.1, 0.15) is 0 Å². The Morgan fingerprint density at radius 2 is 2.25 bits per heavy atom. The molecule has 0 aliphatic heterocycles. The van der Waals surface area contributed by atoms with E-state index >= 15 is 0 Å². The van der Waals surface area contributed by atoms with E-state index in [0.717, 1.165) is 0 Å². The van der Waals surface area contributed by atoms with Gasteiger partial charge in [-0.2, -0.15) is 0 Å². The van der Waals surface area contributed by atoms with Gasteiger partial charge in [-0.15, -0.1) is 0 Å². The normalized spacial score (nSPS) is 5.00. The molecule has 0 saturated carbocycles. The second kappa shape index (κ2) is 3.05. The van der Waals surface area contributed by atoms with Gasteiger partial charge in [-0.05, 0) is 0 Å². The summed E-state index contributed by atoms with van der Waals surface area (Å²) >= 11 is 1.46. The third kappa shape index (κ3) is 2.05. The van der Waals surface area contributed by atoms with Crippen LogP contribution in [0.25, 0.3) is 0 Å². The fourth-order valence-corrected chi connectivity index (χ4v) is 0. The summed E-state index contributed by atoms with van der Waals surface area (Å²) in [6, 6.07) is 1.96. The third-order valence-electron chi connectivity index (χ3n) is 0.0913. The summed E-state index contributed by atoms with van der Waals surface area (Å²) in [6.45, 7) is 0. The number of rotatable bonds is 0. The van der Waals surface area contributed by atoms with Gasteiger partial charge in [0.05, 0.1) is 0 Å². The van der Waals surface area contributed by atoms with Crippen LogP contribution in [0.3, 0.4) is 0 Å². The van der Waals surface area contributed by atoms with E-state index in [0.29, 0.717) is 5.21 Å². The predicted molar refractivity (Wildman–Crippen MR) is 19.0 cm³/mol. The van der Waals surface area contributed by atoms with Gasteiger partial charge in [0.25, 0.3) is 0 Å². The summed E-state index contributed by atoms with van der Waals surface area (Å²) in [4.78, 5) is 0. The van der Waals surface area contributed by atoms with E-state index < -0.39 is 0 Å². The molecule has 22 valence electrons. The Morgan fingerprint density at radius 1 is 2.00 bits per heavy atom. The van der Waals surface area contributed by atoms with E-state index in [1.54, 1.807) is 0 Å². The maximum atomic E-state index is 7.64. The van der Waals surface area contributed by atoms with Crippen LogP contribution < -0.4 is 0 Å². The van der Waals surface area contributed by atoms with Crippen molar-refractivity contribution < 1.29 is 0 Å². The Balaban J connectivity index is 2.43. The van der Waals surface area contributed by atoms with Gasteiger partial charge in [0.15, 0.2) is 0 Å². The molecular weight excluding hydrogens is 113 g/mol. The molecule has 0 aromatic heterocycles. The molecule has 0 radical (unpaired) electrons. The van der Waals surface area contributed by atoms with Crippen molar-refractivity contribution >= 4 is 16.9 Å². The molecule has 0 N–H and O–H groups in total. The number of hydrogen-bond acceptors (Lipinski definition) is 1. The summed E-state index contributed by atoms with van der Waals surface area (Å²) < 4.78 is 0. The molecule has 1 unspecified atom stereocenters. The van der Waals surface area contributed by atoms with Crippen LogP contribution in [0.2, 0.25) is 5.21 Å². The van der Waals surface area contributed by atoms with Crippen molar-refractivity contribution in [3.63, 3.8) is 0 Å². The molecule has 0 saturated heterocycles. The fraction of sp³-hybridized carbons (Fsp3) is 0.500. The zero-order chi connectivity index (χ0) is 3.41. The minimum absolute atomic E-state index is 0.688. The van der Waals surface area contributed by atoms with E-state index in [-0.39, 0.29) is 0 Å². The first-order chi connectivity index (χ1) is 1.91. The first-order valence-electron chi connectivity index (χ1n) is 0.985. The second-order valence-electron chi connectivity index (χ2n) is 0.362. The average Bonchev–Trinajstić information content (AvgIpc) is 1.37. The Labute approximate surface area is 34.1 Å². The molecule has 0 bridgehead atoms. The topological polar surface area (TPSA) is 23.8 Å². The monoisotopic (exact) mass is 117 g/mol. The van der Waals surface area contributed by atoms with Crippen LogP contribution in [0.4, 0.5) is 0 Å². The van der Waals surface area contributed by atoms with Crippen molar-refractivity contribution in [3.8, 4) is 6.07 Å². The van der Waals surface area contributed by atoms with Gasteiger partial charge in [-0.25, -0.2) is 0 Å². The molecule has 2 heteroatoms. The van der Waals surface area contributed by atoms with Crippen LogP contribution >= 0.6 is 0 Å². The Bertz CT molecular complexity index is 35.8. The standard InChI is InChI=1S/C2H4AsN/c3-1-2-4/h1,3H2. The molecule has 0 rings (SSSR count). The molecule has 4 heavy (non-hydrogen) atoms. The molecule has 0 aliphatic carbocycles. The van der Waals surface area contributed by atoms with Crippen LogP contribution in [0, 0.1) is 11.3 Å². The molecule has 0 aliphatic rings. The molecule has 0 fully saturated rings. The summed E-state index contributed by atoms with van der Waals surface area (Å²) in [5, 5.41) is 8.33. The van der Waals surface area contributed by atoms with E-state index in [1.165, 1.54) is 16.9 Å². The van der Waals surface area contributed by atoms with E-state index in [2.05, 4.69) is 0 Å². The van der Waals surface area contributed by atoms with Gasteiger partial charge in [-0.1, -0.05) is 0 Å². The molecule has 0 aromatic carbocycles. The third-order valence-corrected chi connectivity index (χ3v) is 0.474. The zero-order valence-electron chi connectivity index (χ0n) is 2.23. The minimum atomic E-state index is 0.688. The van der Waals surface area contributed by atoms with E-state index in [1.807, 2.05) is 6.07 Å². The fourth-order valence-electron chi connectivity index (χ4n) is 0. The van der Waals surface area contributed by atoms with E-state index in [9.17, 15) is 0 Å². The van der Waals surface area contributed by atoms with Gasteiger partial charge >= 0.3 is 33.4 Å². The maximum absolute atomic E-state index is 7.64. The Hall–Kier alpha value is 0.0484. The predicted octanol–water partition coefficient (Wildman–Crippen LogP) is -0.439. The molecule has 1 nitrogen and oxygen atoms in total. The van der Waals surface area contributed by atoms with Crippen LogP contribution in [-0.4, -0.2) is 16.9 Å². The van der Waals surface area contributed by atoms with E-state index in [4.69, 9.17) is 5.26 Å². The van der Waals surface area contributed by atoms with Gasteiger partial charge in [0.2, 0.25) is 0 Å². The number of hydrogen-bond donors (Lipinski definition) is 0. The first-order valence-corrected chi connectivity index (χ1v) is 2.70. The van der Waals surface area contributed by atoms with Gasteiger partial charge in [0, 0.05) is 0 Å². The molecule has 0 amide bonds. The molecule has 0 aromatic rings. The first kappa shape index (κ1) is 4.05. The Morgan fingerprint density at radius 3 is 2.25 bits per heavy atom. The van der Waals surface area contributed by atoms with Crippen molar-refractivity contribution in [3.05, 3.63) is 0 Å². The zero-order valence-corrected chi connectivity index (χ0v) is 4.65. The molecule has 1 atom stereocenters. The van der Waals surface area contributed by atoms with Gasteiger partial charge in [-0.3, -0.25) is 0 Å². The van der Waals surface area contributed by atoms with Gasteiger partial charge < -0.3 is 0 Å².